The van der Waals surface area contributed by atoms with Crippen LogP contribution in [0.4, 0.5) is 0 Å². The lowest BCUT2D eigenvalue weighted by atomic mass is 10.3. The molecule has 0 spiro atoms. The van der Waals surface area contributed by atoms with E-state index in [4.69, 9.17) is 0 Å². The second-order valence-corrected chi connectivity index (χ2v) is 3.03. The monoisotopic (exact) mass is 219 g/mol. The van der Waals surface area contributed by atoms with E-state index in [0.717, 1.165) is 0 Å². The smallest absolute Gasteiger partial charge is 0.436 e. The molecule has 2 aromatic rings. The average molecular weight is 219 g/mol. The number of aromatic amines is 1. The highest BCUT2D eigenvalue weighted by Crippen LogP contribution is 1.97. The topological polar surface area (TPSA) is 85.3 Å². The number of H-pyrrole nitrogens is 1. The number of hydrogen-bond acceptors (Lipinski definition) is 4. The van der Waals surface area contributed by atoms with Gasteiger partial charge in [-0.1, -0.05) is 18.2 Å². The minimum Gasteiger partial charge on any atom is -0.854 e. The maximum atomic E-state index is 11.4. The van der Waals surface area contributed by atoms with E-state index >= 15 is 0 Å². The van der Waals surface area contributed by atoms with Crippen LogP contribution in [-0.2, 0) is 0 Å². The fourth-order valence-corrected chi connectivity index (χ4v) is 1.32. The van der Waals surface area contributed by atoms with Crippen molar-refractivity contribution in [3.63, 3.8) is 0 Å². The number of benzene rings is 1. The average Bonchev–Trinajstić information content (AvgIpc) is 2.71. The van der Waals surface area contributed by atoms with E-state index in [0.29, 0.717) is 5.69 Å². The number of aromatic nitrogens is 2. The molecule has 0 amide bonds. The summed E-state index contributed by atoms with van der Waals surface area (Å²) in [5, 5.41) is 13.8. The summed E-state index contributed by atoms with van der Waals surface area (Å²) in [4.78, 5) is 14.8. The van der Waals surface area contributed by atoms with Crippen LogP contribution >= 0.6 is 0 Å². The van der Waals surface area contributed by atoms with Crippen molar-refractivity contribution in [1.29, 1.82) is 0 Å². The van der Waals surface area contributed by atoms with Crippen molar-refractivity contribution in [2.24, 2.45) is 4.99 Å². The number of rotatable bonds is 2. The van der Waals surface area contributed by atoms with E-state index in [2.05, 4.69) is 14.8 Å². The molecule has 0 fully saturated rings. The standard InChI is InChI=1S/C10H9N3O3/c1-11-9(14)8-10(15)16-12-13(8)7-5-3-2-4-6-7/h2-6H,1H3,(H-,11,12,14,15). The summed E-state index contributed by atoms with van der Waals surface area (Å²) in [6.45, 7) is 0. The Morgan fingerprint density at radius 2 is 2.12 bits per heavy atom. The summed E-state index contributed by atoms with van der Waals surface area (Å²) in [6.07, 6.45) is 0. The Morgan fingerprint density at radius 1 is 1.44 bits per heavy atom. The first-order chi connectivity index (χ1) is 7.74. The van der Waals surface area contributed by atoms with Gasteiger partial charge in [0, 0.05) is 19.2 Å². The molecule has 0 saturated carbocycles. The molecular weight excluding hydrogens is 210 g/mol. The van der Waals surface area contributed by atoms with Crippen molar-refractivity contribution in [1.82, 2.24) is 5.27 Å². The van der Waals surface area contributed by atoms with Gasteiger partial charge in [-0.05, 0) is 9.95 Å². The first kappa shape index (κ1) is 10.2. The highest BCUT2D eigenvalue weighted by atomic mass is 16.5. The number of nitrogens with zero attached hydrogens (tertiary/aromatic N) is 2. The van der Waals surface area contributed by atoms with Crippen molar-refractivity contribution in [2.75, 3.05) is 7.05 Å². The van der Waals surface area contributed by atoms with Crippen LogP contribution in [0.2, 0.25) is 0 Å². The predicted octanol–water partition coefficient (Wildman–Crippen LogP) is -1.02. The SMILES string of the molecule is CN=C([O-])c1c(=O)o[nH][n+]1-c1ccccc1. The van der Waals surface area contributed by atoms with Crippen LogP contribution in [0, 0.1) is 0 Å². The fraction of sp³-hybridized carbons (Fsp3) is 0.100. The number of hydrogen-bond donors (Lipinski definition) is 1. The van der Waals surface area contributed by atoms with E-state index in [9.17, 15) is 9.90 Å². The van der Waals surface area contributed by atoms with Crippen LogP contribution in [0.15, 0.2) is 44.6 Å². The van der Waals surface area contributed by atoms with Gasteiger partial charge in [0.1, 0.15) is 0 Å². The third kappa shape index (κ3) is 1.60. The molecule has 6 nitrogen and oxygen atoms in total. The van der Waals surface area contributed by atoms with Gasteiger partial charge in [0.15, 0.2) is 0 Å². The van der Waals surface area contributed by atoms with Gasteiger partial charge in [-0.15, -0.1) is 0 Å². The molecule has 0 saturated heterocycles. The molecule has 0 bridgehead atoms. The predicted molar refractivity (Wildman–Crippen MR) is 53.3 cm³/mol. The summed E-state index contributed by atoms with van der Waals surface area (Å²) in [7, 11) is 1.32. The maximum Gasteiger partial charge on any atom is 0.436 e. The van der Waals surface area contributed by atoms with E-state index in [-0.39, 0.29) is 5.69 Å². The zero-order valence-electron chi connectivity index (χ0n) is 8.51. The molecular formula is C10H9N3O3. The molecule has 0 aliphatic rings. The first-order valence-electron chi connectivity index (χ1n) is 4.57. The van der Waals surface area contributed by atoms with Crippen LogP contribution in [0.1, 0.15) is 5.69 Å². The van der Waals surface area contributed by atoms with Crippen LogP contribution in [0.5, 0.6) is 0 Å². The largest absolute Gasteiger partial charge is 0.854 e. The zero-order chi connectivity index (χ0) is 11.5. The van der Waals surface area contributed by atoms with Gasteiger partial charge in [0.25, 0.3) is 0 Å². The van der Waals surface area contributed by atoms with Gasteiger partial charge in [0.05, 0.1) is 5.90 Å². The van der Waals surface area contributed by atoms with Gasteiger partial charge in [0.2, 0.25) is 5.69 Å². The van der Waals surface area contributed by atoms with Gasteiger partial charge in [-0.25, -0.2) is 4.79 Å². The number of nitrogens with one attached hydrogen (secondary N) is 1. The lowest BCUT2D eigenvalue weighted by molar-refractivity contribution is -0.673. The van der Waals surface area contributed by atoms with Gasteiger partial charge < -0.3 is 5.11 Å². The molecule has 6 heteroatoms. The summed E-state index contributed by atoms with van der Waals surface area (Å²) in [5.41, 5.74) is -0.256. The molecule has 16 heavy (non-hydrogen) atoms. The molecule has 0 unspecified atom stereocenters. The highest BCUT2D eigenvalue weighted by molar-refractivity contribution is 5.86. The fourth-order valence-electron chi connectivity index (χ4n) is 1.32. The van der Waals surface area contributed by atoms with Crippen molar-refractivity contribution < 1.29 is 14.3 Å². The molecule has 1 N–H and O–H groups in total. The van der Waals surface area contributed by atoms with Crippen molar-refractivity contribution in [2.45, 2.75) is 0 Å². The Bertz CT molecular complexity index is 568. The van der Waals surface area contributed by atoms with E-state index < -0.39 is 11.5 Å². The Kier molecular flexibility index (Phi) is 2.55. The molecule has 0 aliphatic heterocycles. The molecule has 0 atom stereocenters. The minimum atomic E-state index is -0.737. The molecule has 0 aliphatic carbocycles. The van der Waals surface area contributed by atoms with Crippen molar-refractivity contribution >= 4 is 5.90 Å². The van der Waals surface area contributed by atoms with Crippen LogP contribution in [-0.4, -0.2) is 18.2 Å². The highest BCUT2D eigenvalue weighted by Gasteiger charge is 2.22. The Balaban J connectivity index is 2.64. The van der Waals surface area contributed by atoms with Gasteiger partial charge in [-0.2, -0.15) is 0 Å². The van der Waals surface area contributed by atoms with E-state index in [1.54, 1.807) is 24.3 Å². The maximum absolute atomic E-state index is 11.4. The van der Waals surface area contributed by atoms with Crippen molar-refractivity contribution in [3.05, 3.63) is 46.4 Å². The van der Waals surface area contributed by atoms with Crippen LogP contribution < -0.4 is 15.4 Å². The van der Waals surface area contributed by atoms with Crippen LogP contribution in [0.25, 0.3) is 5.69 Å². The van der Waals surface area contributed by atoms with E-state index in [1.165, 1.54) is 11.7 Å². The number of aliphatic imine (C=N–C) groups is 1. The molecule has 82 valence electrons. The van der Waals surface area contributed by atoms with E-state index in [1.807, 2.05) is 6.07 Å². The Labute approximate surface area is 90.4 Å². The number of para-hydroxylation sites is 1. The summed E-state index contributed by atoms with van der Waals surface area (Å²) < 4.78 is 5.84. The normalized spacial score (nSPS) is 11.7. The lowest BCUT2D eigenvalue weighted by Crippen LogP contribution is -2.44. The first-order valence-corrected chi connectivity index (χ1v) is 4.57. The second kappa shape index (κ2) is 4.01. The van der Waals surface area contributed by atoms with Gasteiger partial charge in [-0.3, -0.25) is 9.52 Å². The van der Waals surface area contributed by atoms with Crippen LogP contribution in [0.3, 0.4) is 0 Å². The third-order valence-corrected chi connectivity index (χ3v) is 2.07. The summed E-state index contributed by atoms with van der Waals surface area (Å²) >= 11 is 0. The quantitative estimate of drug-likeness (QED) is 0.398. The summed E-state index contributed by atoms with van der Waals surface area (Å²) in [6, 6.07) is 8.86. The minimum absolute atomic E-state index is 0.145. The molecule has 1 aromatic heterocycles. The summed E-state index contributed by atoms with van der Waals surface area (Å²) in [5.74, 6) is -0.626. The third-order valence-electron chi connectivity index (χ3n) is 2.07. The molecule has 2 rings (SSSR count). The Hall–Kier alpha value is -2.37. The lowest BCUT2D eigenvalue weighted by Gasteiger charge is -2.00. The molecule has 1 aromatic carbocycles. The molecule has 0 radical (unpaired) electrons. The van der Waals surface area contributed by atoms with Gasteiger partial charge >= 0.3 is 11.3 Å². The molecule has 1 heterocycles. The Morgan fingerprint density at radius 3 is 2.75 bits per heavy atom. The van der Waals surface area contributed by atoms with Crippen molar-refractivity contribution in [3.8, 4) is 5.69 Å². The zero-order valence-corrected chi connectivity index (χ0v) is 8.51. The second-order valence-electron chi connectivity index (χ2n) is 3.03.